The van der Waals surface area contributed by atoms with E-state index in [1.165, 1.54) is 0 Å². The van der Waals surface area contributed by atoms with Crippen molar-refractivity contribution < 1.29 is 4.79 Å². The summed E-state index contributed by atoms with van der Waals surface area (Å²) in [6.07, 6.45) is 8.72. The zero-order valence-electron chi connectivity index (χ0n) is 10.7. The van der Waals surface area contributed by atoms with Gasteiger partial charge in [-0.2, -0.15) is 5.10 Å². The number of aromatic nitrogens is 3. The molecule has 1 atom stereocenters. The Morgan fingerprint density at radius 2 is 2.37 bits per heavy atom. The third-order valence-electron chi connectivity index (χ3n) is 3.70. The summed E-state index contributed by atoms with van der Waals surface area (Å²) in [6, 6.07) is 0. The van der Waals surface area contributed by atoms with Crippen LogP contribution in [0.1, 0.15) is 23.2 Å². The Balaban J connectivity index is 1.81. The van der Waals surface area contributed by atoms with E-state index in [1.807, 2.05) is 4.90 Å². The molecule has 0 spiro atoms. The lowest BCUT2D eigenvalue weighted by Crippen LogP contribution is -2.28. The Kier molecular flexibility index (Phi) is 3.16. The standard InChI is InChI=1S/C13H17N5O/c14-3-1-10-2-5-17(9-10)13(19)11-7-16-18-6-4-15-8-12(11)18/h4,6-8,10H,1-3,5,9,14H2. The van der Waals surface area contributed by atoms with Crippen LogP contribution in [0.2, 0.25) is 0 Å². The molecule has 1 unspecified atom stereocenters. The highest BCUT2D eigenvalue weighted by molar-refractivity contribution is 6.00. The highest BCUT2D eigenvalue weighted by Gasteiger charge is 2.27. The number of fused-ring (bicyclic) bond motifs is 1. The van der Waals surface area contributed by atoms with Gasteiger partial charge in [0.15, 0.2) is 0 Å². The van der Waals surface area contributed by atoms with Crippen molar-refractivity contribution in [1.82, 2.24) is 19.5 Å². The van der Waals surface area contributed by atoms with Gasteiger partial charge in [-0.3, -0.25) is 9.78 Å². The van der Waals surface area contributed by atoms with Gasteiger partial charge in [0, 0.05) is 25.5 Å². The average molecular weight is 259 g/mol. The van der Waals surface area contributed by atoms with E-state index in [-0.39, 0.29) is 5.91 Å². The lowest BCUT2D eigenvalue weighted by atomic mass is 10.1. The molecule has 3 heterocycles. The Labute approximate surface area is 111 Å². The molecule has 2 aromatic heterocycles. The number of hydrogen-bond donors (Lipinski definition) is 1. The van der Waals surface area contributed by atoms with Crippen LogP contribution in [0.3, 0.4) is 0 Å². The fraction of sp³-hybridized carbons (Fsp3) is 0.462. The van der Waals surface area contributed by atoms with Gasteiger partial charge in [-0.25, -0.2) is 4.52 Å². The van der Waals surface area contributed by atoms with E-state index >= 15 is 0 Å². The van der Waals surface area contributed by atoms with Crippen molar-refractivity contribution in [2.24, 2.45) is 11.7 Å². The lowest BCUT2D eigenvalue weighted by Gasteiger charge is -2.15. The molecule has 0 aromatic carbocycles. The second-order valence-electron chi connectivity index (χ2n) is 4.95. The van der Waals surface area contributed by atoms with Crippen molar-refractivity contribution in [3.05, 3.63) is 30.4 Å². The van der Waals surface area contributed by atoms with Crippen LogP contribution in [0.5, 0.6) is 0 Å². The Hall–Kier alpha value is -1.95. The largest absolute Gasteiger partial charge is 0.338 e. The van der Waals surface area contributed by atoms with Gasteiger partial charge in [-0.1, -0.05) is 0 Å². The van der Waals surface area contributed by atoms with E-state index in [1.54, 1.807) is 29.3 Å². The lowest BCUT2D eigenvalue weighted by molar-refractivity contribution is 0.0788. The number of carbonyl (C=O) groups excluding carboxylic acids is 1. The van der Waals surface area contributed by atoms with E-state index in [9.17, 15) is 4.79 Å². The molecule has 1 saturated heterocycles. The van der Waals surface area contributed by atoms with E-state index in [4.69, 9.17) is 5.73 Å². The zero-order chi connectivity index (χ0) is 13.2. The average Bonchev–Trinajstić information content (AvgIpc) is 3.05. The number of carbonyl (C=O) groups is 1. The van der Waals surface area contributed by atoms with Crippen molar-refractivity contribution in [2.75, 3.05) is 19.6 Å². The number of nitrogens with two attached hydrogens (primary N) is 1. The summed E-state index contributed by atoms with van der Waals surface area (Å²) in [4.78, 5) is 18.4. The number of amides is 1. The fourth-order valence-corrected chi connectivity index (χ4v) is 2.66. The molecule has 6 nitrogen and oxygen atoms in total. The molecule has 6 heteroatoms. The van der Waals surface area contributed by atoms with Crippen molar-refractivity contribution in [3.63, 3.8) is 0 Å². The first-order valence-corrected chi connectivity index (χ1v) is 6.56. The molecule has 2 N–H and O–H groups in total. The van der Waals surface area contributed by atoms with Gasteiger partial charge < -0.3 is 10.6 Å². The monoisotopic (exact) mass is 259 g/mol. The van der Waals surface area contributed by atoms with E-state index in [2.05, 4.69) is 10.1 Å². The first-order chi connectivity index (χ1) is 9.29. The number of nitrogens with zero attached hydrogens (tertiary/aromatic N) is 4. The molecule has 1 fully saturated rings. The van der Waals surface area contributed by atoms with Gasteiger partial charge >= 0.3 is 0 Å². The normalized spacial score (nSPS) is 19.2. The third kappa shape index (κ3) is 2.19. The van der Waals surface area contributed by atoms with Crippen LogP contribution < -0.4 is 5.73 Å². The van der Waals surface area contributed by atoms with Crippen molar-refractivity contribution in [1.29, 1.82) is 0 Å². The second-order valence-corrected chi connectivity index (χ2v) is 4.95. The molecule has 2 aromatic rings. The highest BCUT2D eigenvalue weighted by Crippen LogP contribution is 2.22. The summed E-state index contributed by atoms with van der Waals surface area (Å²) < 4.78 is 1.67. The SMILES string of the molecule is NCCC1CCN(C(=O)c2cnn3ccncc23)C1. The second kappa shape index (κ2) is 4.97. The van der Waals surface area contributed by atoms with Crippen molar-refractivity contribution >= 4 is 11.4 Å². The molecule has 0 aliphatic carbocycles. The third-order valence-corrected chi connectivity index (χ3v) is 3.70. The minimum absolute atomic E-state index is 0.0440. The van der Waals surface area contributed by atoms with Gasteiger partial charge in [0.2, 0.25) is 0 Å². The zero-order valence-corrected chi connectivity index (χ0v) is 10.7. The maximum absolute atomic E-state index is 12.5. The quantitative estimate of drug-likeness (QED) is 0.872. The summed E-state index contributed by atoms with van der Waals surface area (Å²) in [7, 11) is 0. The number of hydrogen-bond acceptors (Lipinski definition) is 4. The maximum Gasteiger partial charge on any atom is 0.257 e. The molecule has 1 aliphatic rings. The highest BCUT2D eigenvalue weighted by atomic mass is 16.2. The molecule has 0 radical (unpaired) electrons. The minimum Gasteiger partial charge on any atom is -0.338 e. The Morgan fingerprint density at radius 1 is 1.47 bits per heavy atom. The van der Waals surface area contributed by atoms with Crippen LogP contribution in [0.4, 0.5) is 0 Å². The minimum atomic E-state index is 0.0440. The van der Waals surface area contributed by atoms with Gasteiger partial charge in [-0.05, 0) is 25.3 Å². The first kappa shape index (κ1) is 12.1. The number of likely N-dealkylation sites (tertiary alicyclic amines) is 1. The summed E-state index contributed by atoms with van der Waals surface area (Å²) in [5.41, 5.74) is 6.96. The van der Waals surface area contributed by atoms with Gasteiger partial charge in [0.25, 0.3) is 5.91 Å². The molecule has 0 bridgehead atoms. The van der Waals surface area contributed by atoms with Crippen molar-refractivity contribution in [3.8, 4) is 0 Å². The molecule has 3 rings (SSSR count). The van der Waals surface area contributed by atoms with Crippen molar-refractivity contribution in [2.45, 2.75) is 12.8 Å². The Morgan fingerprint density at radius 3 is 3.21 bits per heavy atom. The first-order valence-electron chi connectivity index (χ1n) is 6.56. The molecule has 1 aliphatic heterocycles. The molecule has 100 valence electrons. The number of rotatable bonds is 3. The van der Waals surface area contributed by atoms with E-state index < -0.39 is 0 Å². The van der Waals surface area contributed by atoms with Crippen LogP contribution in [-0.2, 0) is 0 Å². The van der Waals surface area contributed by atoms with E-state index in [0.717, 1.165) is 31.4 Å². The molecular weight excluding hydrogens is 242 g/mol. The van der Waals surface area contributed by atoms with Crippen LogP contribution in [0.15, 0.2) is 24.8 Å². The summed E-state index contributed by atoms with van der Waals surface area (Å²) in [6.45, 7) is 2.29. The van der Waals surface area contributed by atoms with Crippen LogP contribution in [0, 0.1) is 5.92 Å². The summed E-state index contributed by atoms with van der Waals surface area (Å²) >= 11 is 0. The predicted molar refractivity (Wildman–Crippen MR) is 70.7 cm³/mol. The Bertz CT molecular complexity index is 593. The predicted octanol–water partition coefficient (Wildman–Crippen LogP) is 0.540. The molecule has 0 saturated carbocycles. The fourth-order valence-electron chi connectivity index (χ4n) is 2.66. The molecule has 19 heavy (non-hydrogen) atoms. The van der Waals surface area contributed by atoms with Crippen LogP contribution >= 0.6 is 0 Å². The van der Waals surface area contributed by atoms with E-state index in [0.29, 0.717) is 18.0 Å². The molecule has 1 amide bonds. The summed E-state index contributed by atoms with van der Waals surface area (Å²) in [5.74, 6) is 0.580. The molecular formula is C13H17N5O. The van der Waals surface area contributed by atoms with Crippen LogP contribution in [-0.4, -0.2) is 45.0 Å². The smallest absolute Gasteiger partial charge is 0.257 e. The van der Waals surface area contributed by atoms with Crippen LogP contribution in [0.25, 0.3) is 5.52 Å². The maximum atomic E-state index is 12.5. The summed E-state index contributed by atoms with van der Waals surface area (Å²) in [5, 5.41) is 4.18. The topological polar surface area (TPSA) is 76.5 Å². The van der Waals surface area contributed by atoms with Gasteiger partial charge in [0.1, 0.15) is 0 Å². The van der Waals surface area contributed by atoms with Gasteiger partial charge in [0.05, 0.1) is 23.5 Å². The van der Waals surface area contributed by atoms with Gasteiger partial charge in [-0.15, -0.1) is 0 Å².